The highest BCUT2D eigenvalue weighted by Gasteiger charge is 2.31. The van der Waals surface area contributed by atoms with E-state index in [9.17, 15) is 18.0 Å². The van der Waals surface area contributed by atoms with Crippen molar-refractivity contribution in [3.8, 4) is 17.0 Å². The van der Waals surface area contributed by atoms with E-state index in [1.165, 1.54) is 36.4 Å². The first-order valence-corrected chi connectivity index (χ1v) is 8.02. The molecule has 0 aliphatic carbocycles. The molecular formula is C19H14F3N3O3. The van der Waals surface area contributed by atoms with Crippen molar-refractivity contribution in [1.29, 1.82) is 0 Å². The summed E-state index contributed by atoms with van der Waals surface area (Å²) in [6.07, 6.45) is -4.75. The van der Waals surface area contributed by atoms with Gasteiger partial charge in [0.2, 0.25) is 5.95 Å². The Hall–Kier alpha value is -3.62. The Kier molecular flexibility index (Phi) is 5.16. The summed E-state index contributed by atoms with van der Waals surface area (Å²) in [5.74, 6) is -1.08. The van der Waals surface area contributed by atoms with Crippen LogP contribution in [0.2, 0.25) is 0 Å². The molecule has 28 heavy (non-hydrogen) atoms. The Morgan fingerprint density at radius 1 is 1.04 bits per heavy atom. The summed E-state index contributed by atoms with van der Waals surface area (Å²) >= 11 is 0. The Labute approximate surface area is 157 Å². The standard InChI is InChI=1S/C19H14F3N3O3/c1-11-10-16(12-4-8-15(9-5-12)28-19(20,21)22)25-18(23-11)24-14-6-2-13(3-7-14)17(26)27/h2-10H,1H3,(H,26,27)(H,23,24,25). The molecule has 0 bridgehead atoms. The molecular weight excluding hydrogens is 375 g/mol. The third kappa shape index (κ3) is 4.97. The minimum absolute atomic E-state index is 0.151. The predicted octanol–water partition coefficient (Wildman–Crippen LogP) is 4.79. The van der Waals surface area contributed by atoms with Gasteiger partial charge in [-0.2, -0.15) is 0 Å². The first-order valence-electron chi connectivity index (χ1n) is 8.02. The van der Waals surface area contributed by atoms with Crippen molar-refractivity contribution in [3.63, 3.8) is 0 Å². The number of benzene rings is 2. The average molecular weight is 389 g/mol. The van der Waals surface area contributed by atoms with Gasteiger partial charge >= 0.3 is 12.3 Å². The van der Waals surface area contributed by atoms with Crippen molar-refractivity contribution in [3.05, 3.63) is 65.9 Å². The fourth-order valence-corrected chi connectivity index (χ4v) is 2.42. The number of anilines is 2. The number of ether oxygens (including phenoxy) is 1. The molecule has 0 aliphatic heterocycles. The zero-order valence-corrected chi connectivity index (χ0v) is 14.5. The SMILES string of the molecule is Cc1cc(-c2ccc(OC(F)(F)F)cc2)nc(Nc2ccc(C(=O)O)cc2)n1. The van der Waals surface area contributed by atoms with Gasteiger partial charge in [0.05, 0.1) is 11.3 Å². The van der Waals surface area contributed by atoms with E-state index in [1.807, 2.05) is 0 Å². The molecule has 2 aromatic carbocycles. The van der Waals surface area contributed by atoms with Crippen molar-refractivity contribution in [2.75, 3.05) is 5.32 Å². The predicted molar refractivity (Wildman–Crippen MR) is 95.6 cm³/mol. The van der Waals surface area contributed by atoms with Gasteiger partial charge in [0.15, 0.2) is 0 Å². The molecule has 0 atom stereocenters. The molecule has 0 spiro atoms. The number of halogens is 3. The number of rotatable bonds is 5. The van der Waals surface area contributed by atoms with Crippen LogP contribution in [0.4, 0.5) is 24.8 Å². The van der Waals surface area contributed by atoms with Crippen LogP contribution in [0.15, 0.2) is 54.6 Å². The van der Waals surface area contributed by atoms with Gasteiger partial charge in [0.1, 0.15) is 5.75 Å². The molecule has 0 fully saturated rings. The lowest BCUT2D eigenvalue weighted by molar-refractivity contribution is -0.274. The lowest BCUT2D eigenvalue weighted by Gasteiger charge is -2.10. The zero-order chi connectivity index (χ0) is 20.3. The van der Waals surface area contributed by atoms with Crippen molar-refractivity contribution in [1.82, 2.24) is 9.97 Å². The lowest BCUT2D eigenvalue weighted by Crippen LogP contribution is -2.16. The maximum absolute atomic E-state index is 12.3. The molecule has 1 aromatic heterocycles. The molecule has 0 aliphatic rings. The summed E-state index contributed by atoms with van der Waals surface area (Å²) in [5, 5.41) is 11.9. The Morgan fingerprint density at radius 3 is 2.25 bits per heavy atom. The lowest BCUT2D eigenvalue weighted by atomic mass is 10.1. The smallest absolute Gasteiger partial charge is 0.478 e. The minimum Gasteiger partial charge on any atom is -0.478 e. The molecule has 3 aromatic rings. The zero-order valence-electron chi connectivity index (χ0n) is 14.5. The van der Waals surface area contributed by atoms with Crippen molar-refractivity contribution in [2.45, 2.75) is 13.3 Å². The van der Waals surface area contributed by atoms with Crippen LogP contribution in [0.25, 0.3) is 11.3 Å². The topological polar surface area (TPSA) is 84.3 Å². The van der Waals surface area contributed by atoms with E-state index in [4.69, 9.17) is 5.11 Å². The first kappa shape index (κ1) is 19.2. The number of alkyl halides is 3. The van der Waals surface area contributed by atoms with Crippen molar-refractivity contribution < 1.29 is 27.8 Å². The normalized spacial score (nSPS) is 11.1. The molecule has 0 amide bonds. The van der Waals surface area contributed by atoms with Crippen LogP contribution in [0.1, 0.15) is 16.1 Å². The van der Waals surface area contributed by atoms with Gasteiger partial charge in [-0.3, -0.25) is 0 Å². The largest absolute Gasteiger partial charge is 0.573 e. The molecule has 6 nitrogen and oxygen atoms in total. The fourth-order valence-electron chi connectivity index (χ4n) is 2.42. The summed E-state index contributed by atoms with van der Waals surface area (Å²) in [7, 11) is 0. The van der Waals surface area contributed by atoms with E-state index in [-0.39, 0.29) is 17.3 Å². The Bertz CT molecular complexity index is 988. The average Bonchev–Trinajstić information content (AvgIpc) is 2.61. The molecule has 3 rings (SSSR count). The molecule has 2 N–H and O–H groups in total. The number of aromatic carboxylic acids is 1. The Balaban J connectivity index is 1.82. The van der Waals surface area contributed by atoms with Gasteiger partial charge in [0.25, 0.3) is 0 Å². The van der Waals surface area contributed by atoms with Crippen LogP contribution >= 0.6 is 0 Å². The van der Waals surface area contributed by atoms with Crippen molar-refractivity contribution >= 4 is 17.6 Å². The van der Waals surface area contributed by atoms with E-state index in [0.717, 1.165) is 0 Å². The van der Waals surface area contributed by atoms with Crippen LogP contribution < -0.4 is 10.1 Å². The van der Waals surface area contributed by atoms with E-state index < -0.39 is 12.3 Å². The molecule has 9 heteroatoms. The molecule has 0 unspecified atom stereocenters. The monoisotopic (exact) mass is 389 g/mol. The van der Waals surface area contributed by atoms with E-state index >= 15 is 0 Å². The number of nitrogens with zero attached hydrogens (tertiary/aromatic N) is 2. The number of carboxylic acid groups (broad SMARTS) is 1. The van der Waals surface area contributed by atoms with Crippen LogP contribution in [0.5, 0.6) is 5.75 Å². The third-order valence-corrected chi connectivity index (χ3v) is 3.63. The van der Waals surface area contributed by atoms with Crippen LogP contribution in [0, 0.1) is 6.92 Å². The highest BCUT2D eigenvalue weighted by Crippen LogP contribution is 2.27. The highest BCUT2D eigenvalue weighted by molar-refractivity contribution is 5.88. The minimum atomic E-state index is -4.75. The highest BCUT2D eigenvalue weighted by atomic mass is 19.4. The van der Waals surface area contributed by atoms with Crippen LogP contribution in [-0.2, 0) is 0 Å². The summed E-state index contributed by atoms with van der Waals surface area (Å²) < 4.78 is 40.6. The second-order valence-electron chi connectivity index (χ2n) is 5.80. The number of nitrogens with one attached hydrogen (secondary N) is 1. The maximum Gasteiger partial charge on any atom is 0.573 e. The van der Waals surface area contributed by atoms with Crippen molar-refractivity contribution in [2.24, 2.45) is 0 Å². The summed E-state index contributed by atoms with van der Waals surface area (Å²) in [5.41, 5.74) is 2.48. The maximum atomic E-state index is 12.3. The number of aromatic nitrogens is 2. The van der Waals surface area contributed by atoms with Gasteiger partial charge < -0.3 is 15.2 Å². The quantitative estimate of drug-likeness (QED) is 0.653. The Morgan fingerprint density at radius 2 is 1.68 bits per heavy atom. The summed E-state index contributed by atoms with van der Waals surface area (Å²) in [6.45, 7) is 1.75. The summed E-state index contributed by atoms with van der Waals surface area (Å²) in [4.78, 5) is 19.5. The molecule has 1 heterocycles. The van der Waals surface area contributed by atoms with Crippen LogP contribution in [0.3, 0.4) is 0 Å². The molecule has 0 radical (unpaired) electrons. The van der Waals surface area contributed by atoms with Gasteiger partial charge in [-0.15, -0.1) is 13.2 Å². The number of aryl methyl sites for hydroxylation is 1. The molecule has 0 saturated heterocycles. The van der Waals surface area contributed by atoms with Gasteiger partial charge in [-0.05, 0) is 61.5 Å². The number of hydrogen-bond donors (Lipinski definition) is 2. The second-order valence-corrected chi connectivity index (χ2v) is 5.80. The summed E-state index contributed by atoms with van der Waals surface area (Å²) in [6, 6.07) is 13.1. The molecule has 144 valence electrons. The van der Waals surface area contributed by atoms with Gasteiger partial charge in [-0.25, -0.2) is 14.8 Å². The van der Waals surface area contributed by atoms with Crippen LogP contribution in [-0.4, -0.2) is 27.4 Å². The number of carbonyl (C=O) groups is 1. The number of carboxylic acids is 1. The third-order valence-electron chi connectivity index (χ3n) is 3.63. The molecule has 0 saturated carbocycles. The van der Waals surface area contributed by atoms with E-state index in [1.54, 1.807) is 25.1 Å². The van der Waals surface area contributed by atoms with E-state index in [0.29, 0.717) is 22.6 Å². The first-order chi connectivity index (χ1) is 13.2. The van der Waals surface area contributed by atoms with Gasteiger partial charge in [0, 0.05) is 16.9 Å². The fraction of sp³-hybridized carbons (Fsp3) is 0.105. The second kappa shape index (κ2) is 7.55. The van der Waals surface area contributed by atoms with E-state index in [2.05, 4.69) is 20.0 Å². The number of hydrogen-bond acceptors (Lipinski definition) is 5. The van der Waals surface area contributed by atoms with Gasteiger partial charge in [-0.1, -0.05) is 0 Å².